The maximum Gasteiger partial charge on any atom is 0.255 e. The Morgan fingerprint density at radius 1 is 1.20 bits per heavy atom. The van der Waals surface area contributed by atoms with Crippen molar-refractivity contribution < 1.29 is 13.6 Å². The lowest BCUT2D eigenvalue weighted by atomic mass is 9.95. The van der Waals surface area contributed by atoms with Crippen LogP contribution in [0.2, 0.25) is 0 Å². The standard InChI is InChI=1S/C22H19F2N5O/c1-12-19-18(20(28(2)27-19)13-9-14(23)11-15(24)10-13)5-8-29(12)22(30)17-4-7-26-21-16(17)3-6-25-21/h3-4,6-7,9-12H,5,8H2,1-2H3,(H,25,26). The number of carbonyl (C=O) groups excluding carboxylic acids is 1. The molecule has 0 spiro atoms. The van der Waals surface area contributed by atoms with Crippen molar-refractivity contribution in [3.8, 4) is 11.3 Å². The molecule has 1 aromatic carbocycles. The van der Waals surface area contributed by atoms with Gasteiger partial charge in [-0.3, -0.25) is 9.48 Å². The zero-order chi connectivity index (χ0) is 21.0. The van der Waals surface area contributed by atoms with Crippen LogP contribution in [0.3, 0.4) is 0 Å². The molecule has 3 aromatic heterocycles. The number of aromatic amines is 1. The van der Waals surface area contributed by atoms with Crippen LogP contribution in [-0.4, -0.2) is 37.1 Å². The van der Waals surface area contributed by atoms with Crippen LogP contribution in [0.25, 0.3) is 22.3 Å². The molecule has 8 heteroatoms. The van der Waals surface area contributed by atoms with E-state index in [0.717, 1.165) is 22.7 Å². The van der Waals surface area contributed by atoms with Crippen molar-refractivity contribution in [2.45, 2.75) is 19.4 Å². The van der Waals surface area contributed by atoms with Crippen molar-refractivity contribution in [3.63, 3.8) is 0 Å². The number of amides is 1. The molecule has 4 heterocycles. The molecule has 0 fully saturated rings. The number of hydrogen-bond acceptors (Lipinski definition) is 3. The number of carbonyl (C=O) groups is 1. The van der Waals surface area contributed by atoms with Gasteiger partial charge in [0.1, 0.15) is 17.3 Å². The predicted octanol–water partition coefficient (Wildman–Crippen LogP) is 4.00. The molecule has 1 aliphatic rings. The molecule has 6 nitrogen and oxygen atoms in total. The van der Waals surface area contributed by atoms with E-state index in [2.05, 4.69) is 15.1 Å². The second kappa shape index (κ2) is 6.76. The lowest BCUT2D eigenvalue weighted by Crippen LogP contribution is -2.39. The number of nitrogens with zero attached hydrogens (tertiary/aromatic N) is 4. The fourth-order valence-electron chi connectivity index (χ4n) is 4.38. The minimum atomic E-state index is -0.631. The summed E-state index contributed by atoms with van der Waals surface area (Å²) in [6.07, 6.45) is 3.92. The summed E-state index contributed by atoms with van der Waals surface area (Å²) in [7, 11) is 1.75. The van der Waals surface area contributed by atoms with Crippen molar-refractivity contribution in [1.82, 2.24) is 24.6 Å². The summed E-state index contributed by atoms with van der Waals surface area (Å²) in [6.45, 7) is 2.41. The zero-order valence-corrected chi connectivity index (χ0v) is 16.5. The summed E-state index contributed by atoms with van der Waals surface area (Å²) in [6, 6.07) is 6.75. The second-order valence-electron chi connectivity index (χ2n) is 7.52. The van der Waals surface area contributed by atoms with Gasteiger partial charge in [0.2, 0.25) is 0 Å². The Morgan fingerprint density at radius 2 is 1.97 bits per heavy atom. The fraction of sp³-hybridized carbons (Fsp3) is 0.227. The van der Waals surface area contributed by atoms with E-state index in [1.165, 1.54) is 12.1 Å². The van der Waals surface area contributed by atoms with Gasteiger partial charge in [0.05, 0.1) is 23.0 Å². The van der Waals surface area contributed by atoms with Crippen LogP contribution in [-0.2, 0) is 13.5 Å². The summed E-state index contributed by atoms with van der Waals surface area (Å²) in [5.74, 6) is -1.35. The first-order chi connectivity index (χ1) is 14.4. The highest BCUT2D eigenvalue weighted by Crippen LogP contribution is 2.36. The predicted molar refractivity (Wildman–Crippen MR) is 108 cm³/mol. The van der Waals surface area contributed by atoms with E-state index in [4.69, 9.17) is 0 Å². The van der Waals surface area contributed by atoms with Crippen molar-refractivity contribution in [2.24, 2.45) is 7.05 Å². The van der Waals surface area contributed by atoms with Gasteiger partial charge in [-0.25, -0.2) is 13.8 Å². The molecule has 0 bridgehead atoms. The monoisotopic (exact) mass is 407 g/mol. The number of nitrogens with one attached hydrogen (secondary N) is 1. The molecule has 1 aliphatic heterocycles. The number of hydrogen-bond donors (Lipinski definition) is 1. The molecule has 152 valence electrons. The first-order valence-corrected chi connectivity index (χ1v) is 9.69. The number of aryl methyl sites for hydroxylation is 1. The number of fused-ring (bicyclic) bond motifs is 2. The lowest BCUT2D eigenvalue weighted by Gasteiger charge is -2.33. The molecule has 1 N–H and O–H groups in total. The largest absolute Gasteiger partial charge is 0.346 e. The van der Waals surface area contributed by atoms with Gasteiger partial charge in [-0.2, -0.15) is 5.10 Å². The number of aromatic nitrogens is 4. The van der Waals surface area contributed by atoms with E-state index >= 15 is 0 Å². The maximum atomic E-state index is 13.8. The van der Waals surface area contributed by atoms with Crippen molar-refractivity contribution in [2.75, 3.05) is 6.54 Å². The molecule has 1 unspecified atom stereocenters. The number of rotatable bonds is 2. The third-order valence-electron chi connectivity index (χ3n) is 5.73. The SMILES string of the molecule is CC1c2nn(C)c(-c3cc(F)cc(F)c3)c2CCN1C(=O)c1ccnc2[nH]ccc12. The lowest BCUT2D eigenvalue weighted by molar-refractivity contribution is 0.0675. The molecule has 0 saturated heterocycles. The van der Waals surface area contributed by atoms with E-state index in [0.29, 0.717) is 35.4 Å². The van der Waals surface area contributed by atoms with Crippen molar-refractivity contribution in [1.29, 1.82) is 0 Å². The Bertz CT molecular complexity index is 1270. The first kappa shape index (κ1) is 18.5. The molecular weight excluding hydrogens is 388 g/mol. The second-order valence-corrected chi connectivity index (χ2v) is 7.52. The molecule has 5 rings (SSSR count). The summed E-state index contributed by atoms with van der Waals surface area (Å²) in [5, 5.41) is 5.38. The Labute approximate surface area is 171 Å². The first-order valence-electron chi connectivity index (χ1n) is 9.69. The number of H-pyrrole nitrogens is 1. The van der Waals surface area contributed by atoms with E-state index in [1.54, 1.807) is 35.1 Å². The van der Waals surface area contributed by atoms with Crippen LogP contribution in [0.1, 0.15) is 34.6 Å². The van der Waals surface area contributed by atoms with Crippen LogP contribution in [0.15, 0.2) is 42.7 Å². The van der Waals surface area contributed by atoms with Gasteiger partial charge in [-0.15, -0.1) is 0 Å². The van der Waals surface area contributed by atoms with Crippen molar-refractivity contribution >= 4 is 16.9 Å². The molecule has 1 amide bonds. The van der Waals surface area contributed by atoms with Crippen LogP contribution in [0.5, 0.6) is 0 Å². The van der Waals surface area contributed by atoms with Crippen LogP contribution >= 0.6 is 0 Å². The Hall–Kier alpha value is -3.55. The van der Waals surface area contributed by atoms with E-state index in [9.17, 15) is 13.6 Å². The van der Waals surface area contributed by atoms with Gasteiger partial charge >= 0.3 is 0 Å². The molecule has 0 saturated carbocycles. The molecule has 0 radical (unpaired) electrons. The molecule has 1 atom stereocenters. The van der Waals surface area contributed by atoms with Crippen LogP contribution in [0, 0.1) is 11.6 Å². The van der Waals surface area contributed by atoms with Crippen LogP contribution in [0.4, 0.5) is 8.78 Å². The highest BCUT2D eigenvalue weighted by molar-refractivity contribution is 6.05. The third-order valence-corrected chi connectivity index (χ3v) is 5.73. The van der Waals surface area contributed by atoms with Gasteiger partial charge in [0.25, 0.3) is 5.91 Å². The molecular formula is C22H19F2N5O. The molecule has 4 aromatic rings. The summed E-state index contributed by atoms with van der Waals surface area (Å²) in [4.78, 5) is 22.4. The Morgan fingerprint density at radius 3 is 2.73 bits per heavy atom. The fourth-order valence-corrected chi connectivity index (χ4v) is 4.38. The number of halogens is 2. The molecule has 30 heavy (non-hydrogen) atoms. The van der Waals surface area contributed by atoms with E-state index in [1.807, 2.05) is 13.0 Å². The van der Waals surface area contributed by atoms with E-state index < -0.39 is 11.6 Å². The zero-order valence-electron chi connectivity index (χ0n) is 16.5. The Kier molecular flexibility index (Phi) is 4.16. The van der Waals surface area contributed by atoms with Gasteiger partial charge < -0.3 is 9.88 Å². The Balaban J connectivity index is 1.54. The average molecular weight is 407 g/mol. The smallest absolute Gasteiger partial charge is 0.255 e. The topological polar surface area (TPSA) is 66.8 Å². The van der Waals surface area contributed by atoms with Gasteiger partial charge in [-0.05, 0) is 37.6 Å². The minimum Gasteiger partial charge on any atom is -0.346 e. The van der Waals surface area contributed by atoms with Crippen molar-refractivity contribution in [3.05, 3.63) is 71.2 Å². The third kappa shape index (κ3) is 2.79. The summed E-state index contributed by atoms with van der Waals surface area (Å²) >= 11 is 0. The normalized spacial score (nSPS) is 16.1. The highest BCUT2D eigenvalue weighted by atomic mass is 19.1. The highest BCUT2D eigenvalue weighted by Gasteiger charge is 2.34. The maximum absolute atomic E-state index is 13.8. The van der Waals surface area contributed by atoms with Gasteiger partial charge in [0.15, 0.2) is 0 Å². The minimum absolute atomic E-state index is 0.0934. The van der Waals surface area contributed by atoms with Gasteiger partial charge in [0, 0.05) is 48.6 Å². The van der Waals surface area contributed by atoms with Gasteiger partial charge in [-0.1, -0.05) is 0 Å². The summed E-state index contributed by atoms with van der Waals surface area (Å²) < 4.78 is 29.2. The quantitative estimate of drug-likeness (QED) is 0.546. The average Bonchev–Trinajstić information content (AvgIpc) is 3.31. The number of pyridine rings is 1. The summed E-state index contributed by atoms with van der Waals surface area (Å²) in [5.41, 5.74) is 4.04. The van der Waals surface area contributed by atoms with Crippen LogP contribution < -0.4 is 0 Å². The number of benzene rings is 1. The van der Waals surface area contributed by atoms with E-state index in [-0.39, 0.29) is 11.9 Å². The molecule has 0 aliphatic carbocycles.